The molecule has 1 unspecified atom stereocenters. The van der Waals surface area contributed by atoms with Crippen molar-refractivity contribution in [1.29, 1.82) is 0 Å². The predicted octanol–water partition coefficient (Wildman–Crippen LogP) is 4.87. The van der Waals surface area contributed by atoms with Crippen molar-refractivity contribution in [2.24, 2.45) is 0 Å². The number of hydrogen-bond acceptors (Lipinski definition) is 2. The van der Waals surface area contributed by atoms with Gasteiger partial charge in [-0.15, -0.1) is 11.8 Å². The van der Waals surface area contributed by atoms with E-state index in [1.165, 1.54) is 0 Å². The molecule has 0 saturated carbocycles. The minimum absolute atomic E-state index is 0.0252. The second kappa shape index (κ2) is 6.12. The van der Waals surface area contributed by atoms with Crippen LogP contribution in [0, 0.1) is 0 Å². The fourth-order valence-electron chi connectivity index (χ4n) is 2.48. The van der Waals surface area contributed by atoms with Gasteiger partial charge in [0.05, 0.1) is 16.3 Å². The molecule has 2 nitrogen and oxygen atoms in total. The normalized spacial score (nSPS) is 18.0. The Morgan fingerprint density at radius 2 is 1.90 bits per heavy atom. The number of rotatable bonds is 1. The molecule has 1 atom stereocenters. The lowest BCUT2D eigenvalue weighted by Gasteiger charge is -2.23. The molecule has 0 saturated heterocycles. The first kappa shape index (κ1) is 14.5. The number of hydrogen-bond donors (Lipinski definition) is 0. The third-order valence-corrected chi connectivity index (χ3v) is 5.16. The van der Waals surface area contributed by atoms with E-state index in [9.17, 15) is 4.79 Å². The quantitative estimate of drug-likeness (QED) is 0.747. The average molecular weight is 318 g/mol. The van der Waals surface area contributed by atoms with E-state index in [0.717, 1.165) is 23.5 Å². The molecule has 0 bridgehead atoms. The second-order valence-electron chi connectivity index (χ2n) is 5.12. The molecule has 1 amide bonds. The number of benzene rings is 2. The molecule has 0 aromatic heterocycles. The minimum Gasteiger partial charge on any atom is -0.307 e. The molecule has 1 aliphatic rings. The molecule has 3 rings (SSSR count). The monoisotopic (exact) mass is 317 g/mol. The minimum atomic E-state index is -0.0252. The van der Waals surface area contributed by atoms with E-state index in [-0.39, 0.29) is 5.91 Å². The van der Waals surface area contributed by atoms with Gasteiger partial charge in [0.25, 0.3) is 5.91 Å². The summed E-state index contributed by atoms with van der Waals surface area (Å²) < 4.78 is 0. The highest BCUT2D eigenvalue weighted by Gasteiger charge is 2.25. The highest BCUT2D eigenvalue weighted by molar-refractivity contribution is 8.00. The van der Waals surface area contributed by atoms with E-state index >= 15 is 0 Å². The molecule has 2 aromatic rings. The van der Waals surface area contributed by atoms with Crippen molar-refractivity contribution in [3.8, 4) is 0 Å². The number of fused-ring (bicyclic) bond motifs is 1. The number of amides is 1. The summed E-state index contributed by atoms with van der Waals surface area (Å²) in [5.41, 5.74) is 1.55. The third kappa shape index (κ3) is 2.94. The Morgan fingerprint density at radius 3 is 2.71 bits per heavy atom. The van der Waals surface area contributed by atoms with E-state index in [1.54, 1.807) is 12.1 Å². The first-order valence-electron chi connectivity index (χ1n) is 6.99. The van der Waals surface area contributed by atoms with Crippen LogP contribution in [0.15, 0.2) is 53.4 Å². The summed E-state index contributed by atoms with van der Waals surface area (Å²) in [6, 6.07) is 15.3. The van der Waals surface area contributed by atoms with E-state index in [4.69, 9.17) is 11.6 Å². The van der Waals surface area contributed by atoms with Crippen molar-refractivity contribution in [2.75, 3.05) is 11.4 Å². The number of carbonyl (C=O) groups excluding carboxylic acids is 1. The van der Waals surface area contributed by atoms with Crippen LogP contribution in [-0.4, -0.2) is 17.7 Å². The Kier molecular flexibility index (Phi) is 4.22. The smallest absolute Gasteiger partial charge is 0.259 e. The Labute approximate surface area is 134 Å². The highest BCUT2D eigenvalue weighted by atomic mass is 35.5. The first-order valence-corrected chi connectivity index (χ1v) is 8.24. The van der Waals surface area contributed by atoms with Crippen LogP contribution >= 0.6 is 23.4 Å². The SMILES string of the molecule is CC1CCN(C(=O)c2ccccc2Cl)c2ccccc2S1. The van der Waals surface area contributed by atoms with Gasteiger partial charge >= 0.3 is 0 Å². The largest absolute Gasteiger partial charge is 0.307 e. The van der Waals surface area contributed by atoms with Crippen LogP contribution in [0.25, 0.3) is 0 Å². The van der Waals surface area contributed by atoms with Gasteiger partial charge < -0.3 is 4.90 Å². The Morgan fingerprint density at radius 1 is 1.19 bits per heavy atom. The van der Waals surface area contributed by atoms with Gasteiger partial charge in [-0.2, -0.15) is 0 Å². The molecule has 0 fully saturated rings. The summed E-state index contributed by atoms with van der Waals surface area (Å²) in [6.45, 7) is 2.92. The zero-order chi connectivity index (χ0) is 14.8. The Balaban J connectivity index is 2.02. The van der Waals surface area contributed by atoms with Crippen LogP contribution in [0.5, 0.6) is 0 Å². The lowest BCUT2D eigenvalue weighted by atomic mass is 10.1. The summed E-state index contributed by atoms with van der Waals surface area (Å²) in [5, 5.41) is 1.00. The molecule has 0 radical (unpaired) electrons. The Hall–Kier alpha value is -1.45. The number of carbonyl (C=O) groups is 1. The maximum atomic E-state index is 12.9. The van der Waals surface area contributed by atoms with Crippen molar-refractivity contribution in [3.63, 3.8) is 0 Å². The fourth-order valence-corrected chi connectivity index (χ4v) is 3.81. The molecule has 0 aliphatic carbocycles. The van der Waals surface area contributed by atoms with Gasteiger partial charge in [-0.05, 0) is 30.7 Å². The van der Waals surface area contributed by atoms with Crippen molar-refractivity contribution >= 4 is 35.0 Å². The molecular formula is C17H16ClNOS. The van der Waals surface area contributed by atoms with Gasteiger partial charge in [-0.25, -0.2) is 0 Å². The van der Waals surface area contributed by atoms with E-state index in [1.807, 2.05) is 47.0 Å². The predicted molar refractivity (Wildman–Crippen MR) is 89.5 cm³/mol. The standard InChI is InChI=1S/C17H16ClNOS/c1-12-10-11-19(15-8-4-5-9-16(15)21-12)17(20)13-6-2-3-7-14(13)18/h2-9,12H,10-11H2,1H3. The summed E-state index contributed by atoms with van der Waals surface area (Å²) in [7, 11) is 0. The first-order chi connectivity index (χ1) is 10.2. The van der Waals surface area contributed by atoms with Gasteiger partial charge in [0.1, 0.15) is 0 Å². The second-order valence-corrected chi connectivity index (χ2v) is 7.01. The van der Waals surface area contributed by atoms with Gasteiger partial charge in [-0.3, -0.25) is 4.79 Å². The summed E-state index contributed by atoms with van der Waals surface area (Å²) in [4.78, 5) is 15.9. The van der Waals surface area contributed by atoms with Crippen molar-refractivity contribution in [3.05, 3.63) is 59.1 Å². The number of halogens is 1. The van der Waals surface area contributed by atoms with Crippen LogP contribution in [0.4, 0.5) is 5.69 Å². The van der Waals surface area contributed by atoms with Gasteiger partial charge in [0.2, 0.25) is 0 Å². The molecule has 108 valence electrons. The number of anilines is 1. The maximum Gasteiger partial charge on any atom is 0.259 e. The molecule has 2 aromatic carbocycles. The number of para-hydroxylation sites is 1. The zero-order valence-corrected chi connectivity index (χ0v) is 13.3. The van der Waals surface area contributed by atoms with Gasteiger partial charge in [0, 0.05) is 16.7 Å². The van der Waals surface area contributed by atoms with E-state index in [2.05, 4.69) is 13.0 Å². The molecule has 1 heterocycles. The number of thioether (sulfide) groups is 1. The Bertz CT molecular complexity index is 673. The molecule has 1 aliphatic heterocycles. The lowest BCUT2D eigenvalue weighted by molar-refractivity contribution is 0.0986. The van der Waals surface area contributed by atoms with Crippen molar-refractivity contribution in [1.82, 2.24) is 0 Å². The van der Waals surface area contributed by atoms with E-state index < -0.39 is 0 Å². The van der Waals surface area contributed by atoms with Crippen LogP contribution < -0.4 is 4.90 Å². The number of nitrogens with zero attached hydrogens (tertiary/aromatic N) is 1. The lowest BCUT2D eigenvalue weighted by Crippen LogP contribution is -2.32. The van der Waals surface area contributed by atoms with Crippen LogP contribution in [0.2, 0.25) is 5.02 Å². The van der Waals surface area contributed by atoms with Crippen molar-refractivity contribution < 1.29 is 4.79 Å². The third-order valence-electron chi connectivity index (χ3n) is 3.59. The maximum absolute atomic E-state index is 12.9. The molecule has 0 N–H and O–H groups in total. The zero-order valence-electron chi connectivity index (χ0n) is 11.8. The van der Waals surface area contributed by atoms with E-state index in [0.29, 0.717) is 15.8 Å². The highest BCUT2D eigenvalue weighted by Crippen LogP contribution is 2.38. The topological polar surface area (TPSA) is 20.3 Å². The molecule has 0 spiro atoms. The van der Waals surface area contributed by atoms with Crippen LogP contribution in [-0.2, 0) is 0 Å². The molecule has 21 heavy (non-hydrogen) atoms. The van der Waals surface area contributed by atoms with Crippen LogP contribution in [0.3, 0.4) is 0 Å². The molecule has 4 heteroatoms. The average Bonchev–Trinajstić information content (AvgIpc) is 2.65. The van der Waals surface area contributed by atoms with Crippen LogP contribution in [0.1, 0.15) is 23.7 Å². The van der Waals surface area contributed by atoms with Gasteiger partial charge in [0.15, 0.2) is 0 Å². The van der Waals surface area contributed by atoms with Gasteiger partial charge in [-0.1, -0.05) is 42.8 Å². The molecular weight excluding hydrogens is 302 g/mol. The summed E-state index contributed by atoms with van der Waals surface area (Å²) in [6.07, 6.45) is 0.968. The van der Waals surface area contributed by atoms with Crippen molar-refractivity contribution in [2.45, 2.75) is 23.5 Å². The summed E-state index contributed by atoms with van der Waals surface area (Å²) >= 11 is 8.01. The summed E-state index contributed by atoms with van der Waals surface area (Å²) in [5.74, 6) is -0.0252. The fraction of sp³-hybridized carbons (Fsp3) is 0.235.